The van der Waals surface area contributed by atoms with Crippen molar-refractivity contribution in [3.63, 3.8) is 0 Å². The topological polar surface area (TPSA) is 73.9 Å². The highest BCUT2D eigenvalue weighted by Crippen LogP contribution is 2.34. The van der Waals surface area contributed by atoms with Gasteiger partial charge in [0.2, 0.25) is 16.8 Å². The number of hydrogen-bond acceptors (Lipinski definition) is 5. The van der Waals surface area contributed by atoms with Crippen molar-refractivity contribution in [3.8, 4) is 17.2 Å². The van der Waals surface area contributed by atoms with Gasteiger partial charge in [0.05, 0.1) is 4.90 Å². The van der Waals surface area contributed by atoms with Gasteiger partial charge < -0.3 is 14.2 Å². The van der Waals surface area contributed by atoms with Gasteiger partial charge >= 0.3 is 0 Å². The highest BCUT2D eigenvalue weighted by atomic mass is 32.2. The summed E-state index contributed by atoms with van der Waals surface area (Å²) >= 11 is 0. The summed E-state index contributed by atoms with van der Waals surface area (Å²) in [5.41, 5.74) is 0.346. The number of rotatable bonds is 6. The summed E-state index contributed by atoms with van der Waals surface area (Å²) in [6.45, 7) is 1.93. The lowest BCUT2D eigenvalue weighted by Crippen LogP contribution is -2.28. The van der Waals surface area contributed by atoms with Crippen LogP contribution in [0.15, 0.2) is 41.3 Å². The van der Waals surface area contributed by atoms with E-state index in [4.69, 9.17) is 14.2 Å². The van der Waals surface area contributed by atoms with Crippen molar-refractivity contribution in [2.45, 2.75) is 11.8 Å². The number of hydrogen-bond donors (Lipinski definition) is 1. The average Bonchev–Trinajstić information content (AvgIpc) is 2.99. The van der Waals surface area contributed by atoms with Crippen LogP contribution in [0.1, 0.15) is 5.56 Å². The molecule has 24 heavy (non-hydrogen) atoms. The molecule has 0 aromatic heterocycles. The molecule has 0 unspecified atom stereocenters. The Hall–Kier alpha value is -2.32. The minimum absolute atomic E-state index is 0.0481. The van der Waals surface area contributed by atoms with Crippen LogP contribution < -0.4 is 18.9 Å². The molecular weight excluding hydrogens is 337 g/mol. The molecule has 0 atom stereocenters. The fourth-order valence-corrected chi connectivity index (χ4v) is 3.54. The van der Waals surface area contributed by atoms with Gasteiger partial charge in [-0.15, -0.1) is 0 Å². The SMILES string of the molecule is Cc1cc(F)ccc1S(=O)(=O)NCCOc1ccc2c(c1)OCO2. The van der Waals surface area contributed by atoms with E-state index in [1.54, 1.807) is 25.1 Å². The van der Waals surface area contributed by atoms with E-state index in [2.05, 4.69) is 4.72 Å². The van der Waals surface area contributed by atoms with E-state index in [9.17, 15) is 12.8 Å². The number of halogens is 1. The first-order valence-electron chi connectivity index (χ1n) is 7.24. The van der Waals surface area contributed by atoms with Gasteiger partial charge in [0, 0.05) is 12.6 Å². The van der Waals surface area contributed by atoms with Crippen molar-refractivity contribution in [3.05, 3.63) is 47.8 Å². The standard InChI is InChI=1S/C16H16FNO5S/c1-11-8-12(17)2-5-16(11)24(19,20)18-6-7-21-13-3-4-14-15(9-13)23-10-22-14/h2-5,8-9,18H,6-7,10H2,1H3. The molecule has 6 nitrogen and oxygen atoms in total. The Morgan fingerprint density at radius 3 is 2.75 bits per heavy atom. The summed E-state index contributed by atoms with van der Waals surface area (Å²) in [5, 5.41) is 0. The van der Waals surface area contributed by atoms with E-state index in [-0.39, 0.29) is 24.8 Å². The van der Waals surface area contributed by atoms with E-state index in [0.717, 1.165) is 6.07 Å². The van der Waals surface area contributed by atoms with Crippen LogP contribution in [0.2, 0.25) is 0 Å². The molecule has 128 valence electrons. The van der Waals surface area contributed by atoms with Gasteiger partial charge in [0.15, 0.2) is 11.5 Å². The van der Waals surface area contributed by atoms with Crippen molar-refractivity contribution in [2.75, 3.05) is 19.9 Å². The molecule has 0 amide bonds. The van der Waals surface area contributed by atoms with Crippen molar-refractivity contribution in [1.29, 1.82) is 0 Å². The zero-order valence-electron chi connectivity index (χ0n) is 12.9. The Balaban J connectivity index is 1.56. The van der Waals surface area contributed by atoms with Crippen LogP contribution in [0.4, 0.5) is 4.39 Å². The second-order valence-electron chi connectivity index (χ2n) is 5.17. The van der Waals surface area contributed by atoms with Gasteiger partial charge in [0.1, 0.15) is 18.2 Å². The van der Waals surface area contributed by atoms with E-state index in [0.29, 0.717) is 22.8 Å². The maximum absolute atomic E-state index is 13.1. The highest BCUT2D eigenvalue weighted by molar-refractivity contribution is 7.89. The third-order valence-electron chi connectivity index (χ3n) is 3.43. The Morgan fingerprint density at radius 1 is 1.17 bits per heavy atom. The van der Waals surface area contributed by atoms with Crippen LogP contribution >= 0.6 is 0 Å². The normalized spacial score (nSPS) is 13.1. The predicted octanol–water partition coefficient (Wildman–Crippen LogP) is 2.22. The van der Waals surface area contributed by atoms with Gasteiger partial charge in [-0.1, -0.05) is 0 Å². The molecule has 1 heterocycles. The highest BCUT2D eigenvalue weighted by Gasteiger charge is 2.17. The molecule has 2 aromatic carbocycles. The van der Waals surface area contributed by atoms with E-state index in [1.165, 1.54) is 12.1 Å². The maximum atomic E-state index is 13.1. The van der Waals surface area contributed by atoms with Crippen molar-refractivity contribution < 1.29 is 27.0 Å². The lowest BCUT2D eigenvalue weighted by atomic mass is 10.2. The molecule has 3 rings (SSSR count). The van der Waals surface area contributed by atoms with Gasteiger partial charge in [0.25, 0.3) is 0 Å². The molecule has 0 radical (unpaired) electrons. The van der Waals surface area contributed by atoms with Crippen molar-refractivity contribution in [2.24, 2.45) is 0 Å². The zero-order valence-corrected chi connectivity index (χ0v) is 13.7. The second kappa shape index (κ2) is 6.66. The van der Waals surface area contributed by atoms with Gasteiger partial charge in [-0.2, -0.15) is 0 Å². The van der Waals surface area contributed by atoms with Gasteiger partial charge in [-0.3, -0.25) is 0 Å². The number of fused-ring (bicyclic) bond motifs is 1. The predicted molar refractivity (Wildman–Crippen MR) is 84.4 cm³/mol. The lowest BCUT2D eigenvalue weighted by molar-refractivity contribution is 0.173. The third-order valence-corrected chi connectivity index (χ3v) is 5.05. The van der Waals surface area contributed by atoms with Crippen LogP contribution in [0, 0.1) is 12.7 Å². The summed E-state index contributed by atoms with van der Waals surface area (Å²) in [6, 6.07) is 8.66. The minimum atomic E-state index is -3.71. The molecule has 0 spiro atoms. The molecule has 8 heteroatoms. The molecule has 0 saturated heterocycles. The summed E-state index contributed by atoms with van der Waals surface area (Å²) in [5.74, 6) is 1.32. The van der Waals surface area contributed by atoms with Gasteiger partial charge in [-0.05, 0) is 42.8 Å². The molecule has 0 bridgehead atoms. The number of benzene rings is 2. The first kappa shape index (κ1) is 16.5. The Kier molecular flexibility index (Phi) is 4.59. The Morgan fingerprint density at radius 2 is 1.96 bits per heavy atom. The number of sulfonamides is 1. The minimum Gasteiger partial charge on any atom is -0.492 e. The third kappa shape index (κ3) is 3.60. The second-order valence-corrected chi connectivity index (χ2v) is 6.91. The fourth-order valence-electron chi connectivity index (χ4n) is 2.30. The zero-order chi connectivity index (χ0) is 17.2. The Bertz CT molecular complexity index is 854. The van der Waals surface area contributed by atoms with E-state index < -0.39 is 15.8 Å². The molecular formula is C16H16FNO5S. The Labute approximate surface area is 139 Å². The van der Waals surface area contributed by atoms with Gasteiger partial charge in [-0.25, -0.2) is 17.5 Å². The molecule has 0 aliphatic carbocycles. The number of nitrogens with one attached hydrogen (secondary N) is 1. The maximum Gasteiger partial charge on any atom is 0.240 e. The van der Waals surface area contributed by atoms with Crippen LogP contribution in [0.5, 0.6) is 17.2 Å². The lowest BCUT2D eigenvalue weighted by Gasteiger charge is -2.10. The fraction of sp³-hybridized carbons (Fsp3) is 0.250. The van der Waals surface area contributed by atoms with Crippen LogP contribution in [0.3, 0.4) is 0 Å². The molecule has 1 N–H and O–H groups in total. The first-order chi connectivity index (χ1) is 11.5. The van der Waals surface area contributed by atoms with Crippen LogP contribution in [-0.2, 0) is 10.0 Å². The monoisotopic (exact) mass is 353 g/mol. The molecule has 0 saturated carbocycles. The number of ether oxygens (including phenoxy) is 3. The smallest absolute Gasteiger partial charge is 0.240 e. The summed E-state index contributed by atoms with van der Waals surface area (Å²) in [7, 11) is -3.71. The first-order valence-corrected chi connectivity index (χ1v) is 8.72. The molecule has 2 aromatic rings. The van der Waals surface area contributed by atoms with Crippen molar-refractivity contribution in [1.82, 2.24) is 4.72 Å². The molecule has 1 aliphatic rings. The molecule has 0 fully saturated rings. The summed E-state index contributed by atoms with van der Waals surface area (Å²) < 4.78 is 55.8. The summed E-state index contributed by atoms with van der Waals surface area (Å²) in [6.07, 6.45) is 0. The number of aryl methyl sites for hydroxylation is 1. The summed E-state index contributed by atoms with van der Waals surface area (Å²) in [4.78, 5) is 0.0481. The van der Waals surface area contributed by atoms with Crippen LogP contribution in [0.25, 0.3) is 0 Å². The van der Waals surface area contributed by atoms with E-state index >= 15 is 0 Å². The average molecular weight is 353 g/mol. The van der Waals surface area contributed by atoms with E-state index in [1.807, 2.05) is 0 Å². The van der Waals surface area contributed by atoms with Crippen molar-refractivity contribution >= 4 is 10.0 Å². The quantitative estimate of drug-likeness (QED) is 0.806. The van der Waals surface area contributed by atoms with Crippen LogP contribution in [-0.4, -0.2) is 28.4 Å². The molecule has 1 aliphatic heterocycles. The largest absolute Gasteiger partial charge is 0.492 e.